The van der Waals surface area contributed by atoms with Crippen LogP contribution in [-0.2, 0) is 28.5 Å². The molecule has 2 aliphatic heterocycles. The highest BCUT2D eigenvalue weighted by Crippen LogP contribution is 2.42. The molecule has 0 aliphatic carbocycles. The van der Waals surface area contributed by atoms with Gasteiger partial charge in [-0.2, -0.15) is 8.42 Å². The number of azide groups is 1. The third kappa shape index (κ3) is 3.95. The van der Waals surface area contributed by atoms with Gasteiger partial charge in [-0.1, -0.05) is 35.4 Å². The number of hydrogen-bond donors (Lipinski definition) is 0. The number of rotatable bonds is 5. The fourth-order valence-corrected chi connectivity index (χ4v) is 3.90. The summed E-state index contributed by atoms with van der Waals surface area (Å²) in [6.07, 6.45) is -1.89. The number of fused-ring (bicyclic) bond motifs is 1. The molecule has 0 spiro atoms. The molecular formula is C15H19N3O6S. The van der Waals surface area contributed by atoms with Crippen molar-refractivity contribution in [2.75, 3.05) is 13.4 Å². The van der Waals surface area contributed by atoms with Gasteiger partial charge in [0.15, 0.2) is 6.29 Å². The van der Waals surface area contributed by atoms with Gasteiger partial charge in [-0.3, -0.25) is 4.18 Å². The Bertz CT molecular complexity index is 752. The lowest BCUT2D eigenvalue weighted by Gasteiger charge is -2.40. The van der Waals surface area contributed by atoms with Crippen molar-refractivity contribution in [2.24, 2.45) is 5.11 Å². The molecule has 0 unspecified atom stereocenters. The second-order valence-electron chi connectivity index (χ2n) is 5.97. The molecule has 9 nitrogen and oxygen atoms in total. The van der Waals surface area contributed by atoms with E-state index in [4.69, 9.17) is 23.9 Å². The van der Waals surface area contributed by atoms with E-state index in [1.54, 1.807) is 0 Å². The molecule has 10 heteroatoms. The summed E-state index contributed by atoms with van der Waals surface area (Å²) in [7, 11) is -2.41. The Balaban J connectivity index is 1.91. The van der Waals surface area contributed by atoms with E-state index in [1.807, 2.05) is 30.3 Å². The van der Waals surface area contributed by atoms with Crippen LogP contribution in [0.2, 0.25) is 0 Å². The highest BCUT2D eigenvalue weighted by molar-refractivity contribution is 7.86. The normalized spacial score (nSPS) is 35.0. The van der Waals surface area contributed by atoms with Crippen LogP contribution in [0.1, 0.15) is 18.1 Å². The molecule has 0 bridgehead atoms. The van der Waals surface area contributed by atoms with Gasteiger partial charge >= 0.3 is 0 Å². The predicted octanol–water partition coefficient (Wildman–Crippen LogP) is 1.91. The maximum absolute atomic E-state index is 11.7. The van der Waals surface area contributed by atoms with E-state index in [2.05, 4.69) is 10.0 Å². The lowest BCUT2D eigenvalue weighted by atomic mass is 9.96. The molecule has 0 amide bonds. The monoisotopic (exact) mass is 369 g/mol. The Morgan fingerprint density at radius 3 is 2.60 bits per heavy atom. The minimum absolute atomic E-state index is 0.274. The van der Waals surface area contributed by atoms with Crippen molar-refractivity contribution in [1.29, 1.82) is 0 Å². The fraction of sp³-hybridized carbons (Fsp3) is 0.600. The number of ether oxygens (including phenoxy) is 3. The topological polar surface area (TPSA) is 120 Å². The smallest absolute Gasteiger partial charge is 0.264 e. The van der Waals surface area contributed by atoms with Gasteiger partial charge in [0.2, 0.25) is 0 Å². The molecule has 0 aromatic heterocycles. The Morgan fingerprint density at radius 2 is 2.00 bits per heavy atom. The van der Waals surface area contributed by atoms with Crippen molar-refractivity contribution >= 4 is 10.1 Å². The van der Waals surface area contributed by atoms with E-state index in [9.17, 15) is 8.42 Å². The standard InChI is InChI=1S/C15H19N3O6S/c1-21-15-12(17-18-16)14(24-25(2,19)20)13-11(23-15)8-10(22-13)9-6-4-3-5-7-9/h3-7,10-15H,8H2,1-2H3/t10-,11-,12+,13+,14-,15-/m1/s1. The molecule has 1 aromatic rings. The summed E-state index contributed by atoms with van der Waals surface area (Å²) in [4.78, 5) is 2.76. The summed E-state index contributed by atoms with van der Waals surface area (Å²) in [5.41, 5.74) is 9.77. The minimum Gasteiger partial charge on any atom is -0.365 e. The fourth-order valence-electron chi connectivity index (χ4n) is 3.27. The lowest BCUT2D eigenvalue weighted by Crippen LogP contribution is -2.57. The molecule has 6 atom stereocenters. The first-order valence-electron chi connectivity index (χ1n) is 7.74. The van der Waals surface area contributed by atoms with Crippen LogP contribution in [0.15, 0.2) is 35.4 Å². The summed E-state index contributed by atoms with van der Waals surface area (Å²) in [5, 5.41) is 3.62. The average Bonchev–Trinajstić information content (AvgIpc) is 3.00. The van der Waals surface area contributed by atoms with Crippen LogP contribution in [0.25, 0.3) is 10.4 Å². The van der Waals surface area contributed by atoms with E-state index >= 15 is 0 Å². The second-order valence-corrected chi connectivity index (χ2v) is 7.58. The first kappa shape index (κ1) is 18.1. The molecular weight excluding hydrogens is 350 g/mol. The van der Waals surface area contributed by atoms with E-state index in [0.717, 1.165) is 11.8 Å². The molecule has 3 rings (SSSR count). The third-order valence-corrected chi connectivity index (χ3v) is 4.83. The van der Waals surface area contributed by atoms with Crippen molar-refractivity contribution in [3.05, 3.63) is 46.3 Å². The maximum Gasteiger partial charge on any atom is 0.264 e. The summed E-state index contributed by atoms with van der Waals surface area (Å²) in [5.74, 6) is 0. The summed E-state index contributed by atoms with van der Waals surface area (Å²) in [6, 6.07) is 8.55. The van der Waals surface area contributed by atoms with Crippen LogP contribution < -0.4 is 0 Å². The number of nitrogens with zero attached hydrogens (tertiary/aromatic N) is 3. The molecule has 0 N–H and O–H groups in total. The second kappa shape index (κ2) is 7.28. The van der Waals surface area contributed by atoms with Crippen molar-refractivity contribution < 1.29 is 26.8 Å². The minimum atomic E-state index is -3.80. The number of hydrogen-bond acceptors (Lipinski definition) is 7. The van der Waals surface area contributed by atoms with Crippen LogP contribution >= 0.6 is 0 Å². The van der Waals surface area contributed by atoms with Crippen LogP contribution in [-0.4, -0.2) is 52.4 Å². The van der Waals surface area contributed by atoms with Crippen LogP contribution in [0.4, 0.5) is 0 Å². The quantitative estimate of drug-likeness (QED) is 0.338. The van der Waals surface area contributed by atoms with Crippen molar-refractivity contribution in [2.45, 2.75) is 43.2 Å². The van der Waals surface area contributed by atoms with E-state index in [0.29, 0.717) is 6.42 Å². The summed E-state index contributed by atoms with van der Waals surface area (Å²) in [6.45, 7) is 0. The van der Waals surface area contributed by atoms with Gasteiger partial charge in [-0.25, -0.2) is 0 Å². The Hall–Kier alpha value is -1.68. The van der Waals surface area contributed by atoms with Gasteiger partial charge in [0.25, 0.3) is 10.1 Å². The highest BCUT2D eigenvalue weighted by atomic mass is 32.2. The van der Waals surface area contributed by atoms with E-state index < -0.39 is 40.8 Å². The van der Waals surface area contributed by atoms with Crippen LogP contribution in [0.3, 0.4) is 0 Å². The van der Waals surface area contributed by atoms with Crippen LogP contribution in [0, 0.1) is 0 Å². The number of methoxy groups -OCH3 is 1. The van der Waals surface area contributed by atoms with Crippen molar-refractivity contribution in [3.8, 4) is 0 Å². The Morgan fingerprint density at radius 1 is 1.28 bits per heavy atom. The summed E-state index contributed by atoms with van der Waals surface area (Å²) < 4.78 is 45.7. The zero-order chi connectivity index (χ0) is 18.0. The Labute approximate surface area is 145 Å². The molecule has 0 radical (unpaired) electrons. The maximum atomic E-state index is 11.7. The molecule has 2 fully saturated rings. The largest absolute Gasteiger partial charge is 0.365 e. The number of benzene rings is 1. The molecule has 25 heavy (non-hydrogen) atoms. The summed E-state index contributed by atoms with van der Waals surface area (Å²) >= 11 is 0. The molecule has 1 aromatic carbocycles. The lowest BCUT2D eigenvalue weighted by molar-refractivity contribution is -0.234. The van der Waals surface area contributed by atoms with Gasteiger partial charge in [0.05, 0.1) is 18.5 Å². The van der Waals surface area contributed by atoms with Gasteiger partial charge in [0, 0.05) is 18.4 Å². The molecule has 136 valence electrons. The van der Waals surface area contributed by atoms with Gasteiger partial charge in [-0.15, -0.1) is 0 Å². The van der Waals surface area contributed by atoms with Gasteiger partial charge < -0.3 is 14.2 Å². The average molecular weight is 369 g/mol. The molecule has 2 saturated heterocycles. The first-order valence-corrected chi connectivity index (χ1v) is 9.55. The van der Waals surface area contributed by atoms with Crippen molar-refractivity contribution in [1.82, 2.24) is 0 Å². The molecule has 2 heterocycles. The van der Waals surface area contributed by atoms with E-state index in [-0.39, 0.29) is 6.10 Å². The third-order valence-electron chi connectivity index (χ3n) is 4.26. The van der Waals surface area contributed by atoms with E-state index in [1.165, 1.54) is 7.11 Å². The Kier molecular flexibility index (Phi) is 5.28. The van der Waals surface area contributed by atoms with Gasteiger partial charge in [-0.05, 0) is 11.1 Å². The molecule has 0 saturated carbocycles. The first-order chi connectivity index (χ1) is 11.9. The molecule has 2 aliphatic rings. The van der Waals surface area contributed by atoms with Crippen molar-refractivity contribution in [3.63, 3.8) is 0 Å². The predicted molar refractivity (Wildman–Crippen MR) is 87.0 cm³/mol. The highest BCUT2D eigenvalue weighted by Gasteiger charge is 2.53. The van der Waals surface area contributed by atoms with Gasteiger partial charge in [0.1, 0.15) is 18.2 Å². The van der Waals surface area contributed by atoms with Crippen LogP contribution in [0.5, 0.6) is 0 Å². The zero-order valence-corrected chi connectivity index (χ0v) is 14.6. The zero-order valence-electron chi connectivity index (χ0n) is 13.8. The SMILES string of the molecule is CO[C@@H]1O[C@@H]2C[C@H](c3ccccc3)O[C@@H]2[C@H](OS(C)(=O)=O)[C@@H]1N=[N+]=[N-].